The minimum Gasteiger partial charge on any atom is -0.495 e. The molecule has 3 rings (SSSR count). The van der Waals surface area contributed by atoms with Gasteiger partial charge in [-0.15, -0.1) is 0 Å². The van der Waals surface area contributed by atoms with Gasteiger partial charge in [-0.3, -0.25) is 4.79 Å². The van der Waals surface area contributed by atoms with Gasteiger partial charge in [0.05, 0.1) is 18.6 Å². The molecule has 2 aromatic carbocycles. The highest BCUT2D eigenvalue weighted by molar-refractivity contribution is 7.91. The number of hydrogen-bond donors (Lipinski definition) is 1. The van der Waals surface area contributed by atoms with Crippen molar-refractivity contribution in [2.75, 3.05) is 18.2 Å². The molecule has 0 spiro atoms. The molecule has 0 saturated carbocycles. The van der Waals surface area contributed by atoms with Crippen molar-refractivity contribution in [3.8, 4) is 17.1 Å². The van der Waals surface area contributed by atoms with E-state index in [-0.39, 0.29) is 28.7 Å². The number of nitrogens with zero attached hydrogens (tertiary/aromatic N) is 1. The lowest BCUT2D eigenvalue weighted by atomic mass is 10.0. The third kappa shape index (κ3) is 5.52. The van der Waals surface area contributed by atoms with Crippen LogP contribution in [0, 0.1) is 6.92 Å². The maximum absolute atomic E-state index is 13.0. The van der Waals surface area contributed by atoms with Gasteiger partial charge in [-0.1, -0.05) is 31.1 Å². The summed E-state index contributed by atoms with van der Waals surface area (Å²) in [6.07, 6.45) is -0.178. The van der Waals surface area contributed by atoms with Gasteiger partial charge >= 0.3 is 0 Å². The molecule has 0 bridgehead atoms. The first-order chi connectivity index (χ1) is 14.7. The fourth-order valence-electron chi connectivity index (χ4n) is 3.08. The molecular formula is C23H26N2O5S. The largest absolute Gasteiger partial charge is 0.495 e. The van der Waals surface area contributed by atoms with Crippen LogP contribution in [0.3, 0.4) is 0 Å². The normalized spacial score (nSPS) is 11.5. The lowest BCUT2D eigenvalue weighted by molar-refractivity contribution is -0.115. The van der Waals surface area contributed by atoms with Crippen molar-refractivity contribution in [1.82, 2.24) is 5.16 Å². The highest BCUT2D eigenvalue weighted by Gasteiger charge is 2.22. The van der Waals surface area contributed by atoms with Crippen molar-refractivity contribution >= 4 is 21.4 Å². The quantitative estimate of drug-likeness (QED) is 0.548. The maximum Gasteiger partial charge on any atom is 0.225 e. The summed E-state index contributed by atoms with van der Waals surface area (Å²) in [5.74, 6) is 0.338. The fourth-order valence-corrected chi connectivity index (χ4v) is 4.52. The Hall–Kier alpha value is -3.13. The third-order valence-corrected chi connectivity index (χ3v) is 6.60. The van der Waals surface area contributed by atoms with E-state index in [1.807, 2.05) is 24.3 Å². The molecule has 0 saturated heterocycles. The minimum absolute atomic E-state index is 0.00985. The van der Waals surface area contributed by atoms with Gasteiger partial charge in [0.25, 0.3) is 0 Å². The molecule has 0 aliphatic carbocycles. The number of carbonyl (C=O) groups excluding carboxylic acids is 1. The average Bonchev–Trinajstić information content (AvgIpc) is 3.18. The van der Waals surface area contributed by atoms with Crippen LogP contribution >= 0.6 is 0 Å². The Morgan fingerprint density at radius 1 is 1.13 bits per heavy atom. The fraction of sp³-hybridized carbons (Fsp3) is 0.304. The number of hydrogen-bond acceptors (Lipinski definition) is 6. The topological polar surface area (TPSA) is 98.5 Å². The van der Waals surface area contributed by atoms with E-state index in [4.69, 9.17) is 9.26 Å². The second-order valence-electron chi connectivity index (χ2n) is 7.59. The number of methoxy groups -OCH3 is 1. The van der Waals surface area contributed by atoms with Gasteiger partial charge in [0.2, 0.25) is 5.91 Å². The number of aromatic nitrogens is 1. The second kappa shape index (κ2) is 9.34. The van der Waals surface area contributed by atoms with E-state index in [1.165, 1.54) is 13.2 Å². The van der Waals surface area contributed by atoms with Crippen LogP contribution in [-0.2, 0) is 14.6 Å². The van der Waals surface area contributed by atoms with Crippen molar-refractivity contribution in [2.45, 2.75) is 38.0 Å². The molecule has 164 valence electrons. The number of anilines is 1. The third-order valence-electron chi connectivity index (χ3n) is 4.87. The van der Waals surface area contributed by atoms with E-state index >= 15 is 0 Å². The molecule has 8 heteroatoms. The highest BCUT2D eigenvalue weighted by atomic mass is 32.2. The van der Waals surface area contributed by atoms with E-state index in [1.54, 1.807) is 25.1 Å². The molecule has 31 heavy (non-hydrogen) atoms. The second-order valence-corrected chi connectivity index (χ2v) is 9.67. The number of carbonyl (C=O) groups is 1. The zero-order valence-corrected chi connectivity index (χ0v) is 18.8. The number of nitrogens with one attached hydrogen (secondary N) is 1. The van der Waals surface area contributed by atoms with E-state index in [0.29, 0.717) is 28.6 Å². The predicted molar refractivity (Wildman–Crippen MR) is 119 cm³/mol. The van der Waals surface area contributed by atoms with Crippen LogP contribution in [0.1, 0.15) is 37.4 Å². The minimum atomic E-state index is -3.78. The molecule has 1 amide bonds. The summed E-state index contributed by atoms with van der Waals surface area (Å²) in [5, 5.41) is 6.58. The van der Waals surface area contributed by atoms with Gasteiger partial charge in [0.15, 0.2) is 15.6 Å². The standard InChI is InChI=1S/C23H26N2O5S/c1-15(2)17-5-8-19(9-6-17)24-23(26)11-12-31(27,28)22-14-18(7-10-20(22)29-4)21-13-16(3)25-30-21/h5-10,13-15H,11-12H2,1-4H3,(H,24,26). The summed E-state index contributed by atoms with van der Waals surface area (Å²) in [6.45, 7) is 5.96. The van der Waals surface area contributed by atoms with Crippen molar-refractivity contribution in [3.05, 3.63) is 59.8 Å². The van der Waals surface area contributed by atoms with Gasteiger partial charge in [0.1, 0.15) is 10.6 Å². The molecule has 3 aromatic rings. The first-order valence-electron chi connectivity index (χ1n) is 9.94. The Morgan fingerprint density at radius 3 is 2.42 bits per heavy atom. The van der Waals surface area contributed by atoms with E-state index in [9.17, 15) is 13.2 Å². The number of ether oxygens (including phenoxy) is 1. The molecule has 0 aliphatic heterocycles. The van der Waals surface area contributed by atoms with E-state index in [2.05, 4.69) is 24.3 Å². The SMILES string of the molecule is COc1ccc(-c2cc(C)no2)cc1S(=O)(=O)CCC(=O)Nc1ccc(C(C)C)cc1. The van der Waals surface area contributed by atoms with Gasteiger partial charge in [0, 0.05) is 23.7 Å². The van der Waals surface area contributed by atoms with E-state index in [0.717, 1.165) is 5.56 Å². The van der Waals surface area contributed by atoms with Crippen LogP contribution in [0.4, 0.5) is 5.69 Å². The molecule has 1 aromatic heterocycles. The molecular weight excluding hydrogens is 416 g/mol. The molecule has 7 nitrogen and oxygen atoms in total. The van der Waals surface area contributed by atoms with Crippen LogP contribution in [0.5, 0.6) is 5.75 Å². The zero-order chi connectivity index (χ0) is 22.6. The van der Waals surface area contributed by atoms with Gasteiger partial charge in [-0.05, 0) is 48.7 Å². The lowest BCUT2D eigenvalue weighted by Gasteiger charge is -2.11. The predicted octanol–water partition coefficient (Wildman–Crippen LogP) is 4.58. The van der Waals surface area contributed by atoms with Crippen molar-refractivity contribution < 1.29 is 22.5 Å². The van der Waals surface area contributed by atoms with Gasteiger partial charge in [-0.2, -0.15) is 0 Å². The number of benzene rings is 2. The molecule has 0 atom stereocenters. The van der Waals surface area contributed by atoms with Crippen LogP contribution in [0.15, 0.2) is 57.9 Å². The highest BCUT2D eigenvalue weighted by Crippen LogP contribution is 2.31. The summed E-state index contributed by atoms with van der Waals surface area (Å²) in [4.78, 5) is 12.3. The van der Waals surface area contributed by atoms with Crippen molar-refractivity contribution in [3.63, 3.8) is 0 Å². The average molecular weight is 443 g/mol. The summed E-state index contributed by atoms with van der Waals surface area (Å²) in [7, 11) is -2.38. The van der Waals surface area contributed by atoms with Crippen molar-refractivity contribution in [2.24, 2.45) is 0 Å². The Balaban J connectivity index is 1.73. The van der Waals surface area contributed by atoms with Crippen LogP contribution in [0.2, 0.25) is 0 Å². The van der Waals surface area contributed by atoms with E-state index < -0.39 is 9.84 Å². The molecule has 0 unspecified atom stereocenters. The van der Waals surface area contributed by atoms with Crippen LogP contribution in [-0.4, -0.2) is 32.3 Å². The lowest BCUT2D eigenvalue weighted by Crippen LogP contribution is -2.18. The maximum atomic E-state index is 13.0. The Morgan fingerprint density at radius 2 is 1.84 bits per heavy atom. The summed E-state index contributed by atoms with van der Waals surface area (Å²) < 4.78 is 36.4. The summed E-state index contributed by atoms with van der Waals surface area (Å²) >= 11 is 0. The Kier molecular flexibility index (Phi) is 6.80. The molecule has 0 fully saturated rings. The Labute approximate surface area is 182 Å². The van der Waals surface area contributed by atoms with Crippen LogP contribution in [0.25, 0.3) is 11.3 Å². The first-order valence-corrected chi connectivity index (χ1v) is 11.6. The number of sulfone groups is 1. The molecule has 1 N–H and O–H groups in total. The number of rotatable bonds is 8. The van der Waals surface area contributed by atoms with Gasteiger partial charge < -0.3 is 14.6 Å². The molecule has 1 heterocycles. The Bertz CT molecular complexity index is 1160. The monoisotopic (exact) mass is 442 g/mol. The molecule has 0 radical (unpaired) electrons. The summed E-state index contributed by atoms with van der Waals surface area (Å²) in [5.41, 5.74) is 3.05. The molecule has 0 aliphatic rings. The van der Waals surface area contributed by atoms with Crippen LogP contribution < -0.4 is 10.1 Å². The number of amides is 1. The van der Waals surface area contributed by atoms with Gasteiger partial charge in [-0.25, -0.2) is 8.42 Å². The zero-order valence-electron chi connectivity index (χ0n) is 18.0. The first kappa shape index (κ1) is 22.6. The number of aryl methyl sites for hydroxylation is 1. The smallest absolute Gasteiger partial charge is 0.225 e. The summed E-state index contributed by atoms with van der Waals surface area (Å²) in [6, 6.07) is 14.0. The van der Waals surface area contributed by atoms with Crippen molar-refractivity contribution in [1.29, 1.82) is 0 Å².